The minimum absolute atomic E-state index is 0.0122. The molecular formula is C13H21NO4. The summed E-state index contributed by atoms with van der Waals surface area (Å²) in [5.74, 6) is -2.14. The van der Waals surface area contributed by atoms with Gasteiger partial charge in [-0.1, -0.05) is 27.7 Å². The van der Waals surface area contributed by atoms with Gasteiger partial charge in [-0.15, -0.1) is 0 Å². The van der Waals surface area contributed by atoms with Crippen LogP contribution in [-0.2, 0) is 14.4 Å². The number of amides is 2. The molecule has 18 heavy (non-hydrogen) atoms. The average Bonchev–Trinajstić information content (AvgIpc) is 2.52. The molecule has 0 radical (unpaired) electrons. The lowest BCUT2D eigenvalue weighted by Crippen LogP contribution is -2.45. The number of imide groups is 1. The van der Waals surface area contributed by atoms with Gasteiger partial charge in [0.1, 0.15) is 0 Å². The van der Waals surface area contributed by atoms with Crippen LogP contribution in [0.2, 0.25) is 0 Å². The number of carbonyl (C=O) groups is 3. The highest BCUT2D eigenvalue weighted by Crippen LogP contribution is 2.33. The van der Waals surface area contributed by atoms with E-state index in [2.05, 4.69) is 0 Å². The molecule has 102 valence electrons. The van der Waals surface area contributed by atoms with Crippen LogP contribution in [0.25, 0.3) is 0 Å². The van der Waals surface area contributed by atoms with Crippen molar-refractivity contribution in [2.24, 2.45) is 17.3 Å². The fraction of sp³-hybridized carbons (Fsp3) is 0.769. The molecule has 2 amide bonds. The first-order chi connectivity index (χ1) is 8.30. The van der Waals surface area contributed by atoms with E-state index >= 15 is 0 Å². The molecule has 5 heteroatoms. The topological polar surface area (TPSA) is 74.7 Å². The Hall–Kier alpha value is -1.39. The largest absolute Gasteiger partial charge is 0.481 e. The quantitative estimate of drug-likeness (QED) is 0.756. The van der Waals surface area contributed by atoms with E-state index in [-0.39, 0.29) is 30.2 Å². The summed E-state index contributed by atoms with van der Waals surface area (Å²) < 4.78 is 0. The van der Waals surface area contributed by atoms with E-state index in [4.69, 9.17) is 0 Å². The molecular weight excluding hydrogens is 234 g/mol. The average molecular weight is 255 g/mol. The van der Waals surface area contributed by atoms with Gasteiger partial charge in [0.25, 0.3) is 0 Å². The third-order valence-corrected chi connectivity index (χ3v) is 4.33. The molecule has 5 nitrogen and oxygen atoms in total. The Morgan fingerprint density at radius 3 is 1.83 bits per heavy atom. The molecule has 1 fully saturated rings. The van der Waals surface area contributed by atoms with Gasteiger partial charge < -0.3 is 5.11 Å². The minimum Gasteiger partial charge on any atom is -0.481 e. The molecule has 1 aliphatic heterocycles. The van der Waals surface area contributed by atoms with Gasteiger partial charge in [-0.25, -0.2) is 0 Å². The number of carboxylic acids is 1. The van der Waals surface area contributed by atoms with Crippen molar-refractivity contribution in [3.8, 4) is 0 Å². The fourth-order valence-electron chi connectivity index (χ4n) is 2.33. The lowest BCUT2D eigenvalue weighted by atomic mass is 9.82. The second-order valence-corrected chi connectivity index (χ2v) is 5.13. The molecule has 1 aliphatic rings. The summed E-state index contributed by atoms with van der Waals surface area (Å²) in [6, 6.07) is 0. The van der Waals surface area contributed by atoms with Crippen molar-refractivity contribution in [3.63, 3.8) is 0 Å². The standard InChI is InChI=1S/C13H21NO4/c1-5-13(6-2,12(17)18)7-14-10(15)8(3)9(4)11(14)16/h8-9H,5-7H2,1-4H3,(H,17,18). The molecule has 0 aromatic heterocycles. The number of nitrogens with zero attached hydrogens (tertiary/aromatic N) is 1. The van der Waals surface area contributed by atoms with Gasteiger partial charge in [-0.3, -0.25) is 19.3 Å². The van der Waals surface area contributed by atoms with Crippen molar-refractivity contribution in [2.75, 3.05) is 6.54 Å². The first-order valence-electron chi connectivity index (χ1n) is 6.39. The fourth-order valence-corrected chi connectivity index (χ4v) is 2.33. The lowest BCUT2D eigenvalue weighted by Gasteiger charge is -2.30. The summed E-state index contributed by atoms with van der Waals surface area (Å²) in [5, 5.41) is 9.34. The first-order valence-corrected chi connectivity index (χ1v) is 6.39. The van der Waals surface area contributed by atoms with Crippen molar-refractivity contribution in [1.29, 1.82) is 0 Å². The van der Waals surface area contributed by atoms with Crippen LogP contribution in [0.4, 0.5) is 0 Å². The summed E-state index contributed by atoms with van der Waals surface area (Å²) in [4.78, 5) is 36.5. The van der Waals surface area contributed by atoms with Crippen LogP contribution >= 0.6 is 0 Å². The molecule has 1 heterocycles. The highest BCUT2D eigenvalue weighted by molar-refractivity contribution is 6.05. The van der Waals surface area contributed by atoms with Gasteiger partial charge in [0, 0.05) is 18.4 Å². The molecule has 0 saturated carbocycles. The zero-order valence-electron chi connectivity index (χ0n) is 11.4. The van der Waals surface area contributed by atoms with Crippen LogP contribution < -0.4 is 0 Å². The third-order valence-electron chi connectivity index (χ3n) is 4.33. The summed E-state index contributed by atoms with van der Waals surface area (Å²) in [6.07, 6.45) is 0.803. The molecule has 0 bridgehead atoms. The van der Waals surface area contributed by atoms with Crippen LogP contribution in [0, 0.1) is 17.3 Å². The number of carbonyl (C=O) groups excluding carboxylic acids is 2. The third kappa shape index (κ3) is 2.13. The summed E-state index contributed by atoms with van der Waals surface area (Å²) >= 11 is 0. The van der Waals surface area contributed by atoms with Gasteiger partial charge in [-0.2, -0.15) is 0 Å². The van der Waals surface area contributed by atoms with Crippen molar-refractivity contribution in [3.05, 3.63) is 0 Å². The number of rotatable bonds is 5. The monoisotopic (exact) mass is 255 g/mol. The Bertz CT molecular complexity index is 353. The predicted molar refractivity (Wildman–Crippen MR) is 65.7 cm³/mol. The first kappa shape index (κ1) is 14.7. The van der Waals surface area contributed by atoms with E-state index in [0.717, 1.165) is 4.90 Å². The number of hydrogen-bond donors (Lipinski definition) is 1. The molecule has 0 aliphatic carbocycles. The Kier molecular flexibility index (Phi) is 4.14. The SMILES string of the molecule is CCC(CC)(CN1C(=O)C(C)C(C)C1=O)C(=O)O. The number of hydrogen-bond acceptors (Lipinski definition) is 3. The van der Waals surface area contributed by atoms with Crippen LogP contribution in [0.3, 0.4) is 0 Å². The van der Waals surface area contributed by atoms with E-state index in [1.54, 1.807) is 27.7 Å². The van der Waals surface area contributed by atoms with E-state index < -0.39 is 11.4 Å². The molecule has 0 aromatic rings. The maximum Gasteiger partial charge on any atom is 0.311 e. The van der Waals surface area contributed by atoms with Gasteiger partial charge in [0.15, 0.2) is 0 Å². The maximum absolute atomic E-state index is 12.0. The van der Waals surface area contributed by atoms with E-state index in [1.807, 2.05) is 0 Å². The van der Waals surface area contributed by atoms with Crippen molar-refractivity contribution in [1.82, 2.24) is 4.90 Å². The Balaban J connectivity index is 2.99. The molecule has 2 atom stereocenters. The number of aliphatic carboxylic acids is 1. The second-order valence-electron chi connectivity index (χ2n) is 5.13. The number of likely N-dealkylation sites (tertiary alicyclic amines) is 1. The normalized spacial score (nSPS) is 24.8. The molecule has 1 saturated heterocycles. The molecule has 2 unspecified atom stereocenters. The van der Waals surface area contributed by atoms with E-state index in [9.17, 15) is 19.5 Å². The van der Waals surface area contributed by atoms with Crippen molar-refractivity contribution in [2.45, 2.75) is 40.5 Å². The Morgan fingerprint density at radius 1 is 1.17 bits per heavy atom. The van der Waals surface area contributed by atoms with Crippen LogP contribution in [-0.4, -0.2) is 34.3 Å². The minimum atomic E-state index is -1.02. The van der Waals surface area contributed by atoms with Crippen LogP contribution in [0.15, 0.2) is 0 Å². The van der Waals surface area contributed by atoms with Gasteiger partial charge in [-0.05, 0) is 12.8 Å². The van der Waals surface area contributed by atoms with Gasteiger partial charge >= 0.3 is 5.97 Å². The van der Waals surface area contributed by atoms with Crippen molar-refractivity contribution < 1.29 is 19.5 Å². The molecule has 1 rings (SSSR count). The maximum atomic E-state index is 12.0. The number of carboxylic acid groups (broad SMARTS) is 1. The van der Waals surface area contributed by atoms with E-state index in [1.165, 1.54) is 0 Å². The molecule has 1 N–H and O–H groups in total. The van der Waals surface area contributed by atoms with Crippen molar-refractivity contribution >= 4 is 17.8 Å². The molecule has 0 spiro atoms. The van der Waals surface area contributed by atoms with E-state index in [0.29, 0.717) is 12.8 Å². The zero-order chi connectivity index (χ0) is 14.1. The smallest absolute Gasteiger partial charge is 0.311 e. The Morgan fingerprint density at radius 2 is 1.56 bits per heavy atom. The van der Waals surface area contributed by atoms with Gasteiger partial charge in [0.2, 0.25) is 11.8 Å². The highest BCUT2D eigenvalue weighted by Gasteiger charge is 2.47. The van der Waals surface area contributed by atoms with Gasteiger partial charge in [0.05, 0.1) is 5.41 Å². The summed E-state index contributed by atoms with van der Waals surface area (Å²) in [5.41, 5.74) is -1.02. The lowest BCUT2D eigenvalue weighted by molar-refractivity contribution is -0.153. The summed E-state index contributed by atoms with van der Waals surface area (Å²) in [7, 11) is 0. The molecule has 0 aromatic carbocycles. The predicted octanol–water partition coefficient (Wildman–Crippen LogP) is 1.52. The van der Waals surface area contributed by atoms with Crippen LogP contribution in [0.5, 0.6) is 0 Å². The van der Waals surface area contributed by atoms with Crippen LogP contribution in [0.1, 0.15) is 40.5 Å². The second kappa shape index (κ2) is 5.08. The Labute approximate surface area is 107 Å². The zero-order valence-corrected chi connectivity index (χ0v) is 11.4. The highest BCUT2D eigenvalue weighted by atomic mass is 16.4. The summed E-state index contributed by atoms with van der Waals surface area (Å²) in [6.45, 7) is 6.96.